The zero-order valence-electron chi connectivity index (χ0n) is 7.01. The van der Waals surface area contributed by atoms with E-state index in [9.17, 15) is 4.21 Å². The van der Waals surface area contributed by atoms with Gasteiger partial charge in [0.15, 0.2) is 0 Å². The van der Waals surface area contributed by atoms with Crippen LogP contribution in [0.5, 0.6) is 0 Å². The van der Waals surface area contributed by atoms with Gasteiger partial charge in [-0.25, -0.2) is 8.99 Å². The molecule has 0 bridgehead atoms. The summed E-state index contributed by atoms with van der Waals surface area (Å²) in [5, 5.41) is 0.601. The highest BCUT2D eigenvalue weighted by molar-refractivity contribution is 7.92. The smallest absolute Gasteiger partial charge is 0.0844 e. The van der Waals surface area contributed by atoms with Crippen LogP contribution in [0.4, 0.5) is 0 Å². The summed E-state index contributed by atoms with van der Waals surface area (Å²) in [6.07, 6.45) is 0. The molecule has 0 unspecified atom stereocenters. The Balaban J connectivity index is 3.46. The normalized spacial score (nSPS) is 15.3. The zero-order chi connectivity index (χ0) is 10.1. The van der Waals surface area contributed by atoms with Gasteiger partial charge < -0.3 is 0 Å². The monoisotopic (exact) mass is 237 g/mol. The molecule has 0 heterocycles. The molecule has 0 spiro atoms. The topological polar surface area (TPSA) is 40.9 Å². The van der Waals surface area contributed by atoms with Gasteiger partial charge in [-0.3, -0.25) is 0 Å². The maximum atomic E-state index is 11.7. The summed E-state index contributed by atoms with van der Waals surface area (Å²) in [6.45, 7) is 1.68. The van der Waals surface area contributed by atoms with E-state index in [1.54, 1.807) is 25.1 Å². The predicted octanol–water partition coefficient (Wildman–Crippen LogP) is 3.42. The number of hydrogen-bond donors (Lipinski definition) is 1. The van der Waals surface area contributed by atoms with Crippen LogP contribution in [0.15, 0.2) is 23.1 Å². The molecule has 0 amide bonds. The SMILES string of the molecule is CC[S@@](=N)(=O)c1c(Cl)cccc1Cl. The summed E-state index contributed by atoms with van der Waals surface area (Å²) >= 11 is 11.6. The lowest BCUT2D eigenvalue weighted by atomic mass is 10.4. The zero-order valence-corrected chi connectivity index (χ0v) is 9.34. The molecule has 2 nitrogen and oxygen atoms in total. The molecule has 5 heteroatoms. The van der Waals surface area contributed by atoms with E-state index in [0.717, 1.165) is 0 Å². The van der Waals surface area contributed by atoms with E-state index in [2.05, 4.69) is 0 Å². The van der Waals surface area contributed by atoms with E-state index in [1.807, 2.05) is 0 Å². The lowest BCUT2D eigenvalue weighted by Crippen LogP contribution is -2.03. The van der Waals surface area contributed by atoms with Crippen LogP contribution in [0.1, 0.15) is 6.92 Å². The average molecular weight is 238 g/mol. The van der Waals surface area contributed by atoms with Crippen molar-refractivity contribution in [3.8, 4) is 0 Å². The van der Waals surface area contributed by atoms with E-state index in [1.165, 1.54) is 0 Å². The molecule has 1 atom stereocenters. The fourth-order valence-corrected chi connectivity index (χ4v) is 3.14. The summed E-state index contributed by atoms with van der Waals surface area (Å²) in [6, 6.07) is 4.85. The van der Waals surface area contributed by atoms with Gasteiger partial charge in [0.25, 0.3) is 0 Å². The second kappa shape index (κ2) is 3.86. The van der Waals surface area contributed by atoms with Crippen LogP contribution in [0, 0.1) is 4.78 Å². The predicted molar refractivity (Wildman–Crippen MR) is 56.1 cm³/mol. The van der Waals surface area contributed by atoms with Gasteiger partial charge in [0.05, 0.1) is 24.7 Å². The molecule has 0 aliphatic rings. The van der Waals surface area contributed by atoms with Crippen molar-refractivity contribution in [1.82, 2.24) is 0 Å². The summed E-state index contributed by atoms with van der Waals surface area (Å²) in [7, 11) is -2.82. The van der Waals surface area contributed by atoms with Crippen molar-refractivity contribution in [3.63, 3.8) is 0 Å². The highest BCUT2D eigenvalue weighted by Crippen LogP contribution is 2.29. The maximum Gasteiger partial charge on any atom is 0.0844 e. The Kier molecular flexibility index (Phi) is 3.22. The minimum atomic E-state index is -2.82. The van der Waals surface area contributed by atoms with Crippen LogP contribution >= 0.6 is 23.2 Å². The lowest BCUT2D eigenvalue weighted by Gasteiger charge is -2.08. The first-order chi connectivity index (χ1) is 5.99. The van der Waals surface area contributed by atoms with E-state index >= 15 is 0 Å². The number of benzene rings is 1. The van der Waals surface area contributed by atoms with Gasteiger partial charge >= 0.3 is 0 Å². The van der Waals surface area contributed by atoms with Gasteiger partial charge in [0.2, 0.25) is 0 Å². The second-order valence-electron chi connectivity index (χ2n) is 2.51. The van der Waals surface area contributed by atoms with E-state index < -0.39 is 9.73 Å². The highest BCUT2D eigenvalue weighted by atomic mass is 35.5. The van der Waals surface area contributed by atoms with Crippen LogP contribution in [0.2, 0.25) is 10.0 Å². The van der Waals surface area contributed by atoms with Crippen LogP contribution in [0.25, 0.3) is 0 Å². The highest BCUT2D eigenvalue weighted by Gasteiger charge is 2.15. The number of nitrogens with one attached hydrogen (secondary N) is 1. The standard InChI is InChI=1S/C8H9Cl2NOS/c1-2-13(11,12)8-6(9)4-3-5-7(8)10/h3-5,11H,2H2,1H3/t13-/m1/s1. The second-order valence-corrected chi connectivity index (χ2v) is 5.67. The first-order valence-corrected chi connectivity index (χ1v) is 6.18. The molecule has 72 valence electrons. The Bertz CT molecular complexity index is 394. The average Bonchev–Trinajstić information content (AvgIpc) is 2.03. The summed E-state index contributed by atoms with van der Waals surface area (Å²) in [5.41, 5.74) is 0. The van der Waals surface area contributed by atoms with E-state index in [0.29, 0.717) is 10.0 Å². The first kappa shape index (κ1) is 10.8. The third-order valence-corrected chi connectivity index (χ3v) is 4.42. The molecule has 0 fully saturated rings. The van der Waals surface area contributed by atoms with Crippen LogP contribution in [-0.2, 0) is 9.73 Å². The molecule has 0 aliphatic carbocycles. The summed E-state index contributed by atoms with van der Waals surface area (Å²) in [4.78, 5) is 0.251. The van der Waals surface area contributed by atoms with Crippen molar-refractivity contribution in [2.45, 2.75) is 11.8 Å². The first-order valence-electron chi connectivity index (χ1n) is 3.69. The van der Waals surface area contributed by atoms with Gasteiger partial charge in [-0.1, -0.05) is 36.2 Å². The third-order valence-electron chi connectivity index (χ3n) is 1.66. The summed E-state index contributed by atoms with van der Waals surface area (Å²) in [5.74, 6) is 0.219. The van der Waals surface area contributed by atoms with Crippen LogP contribution < -0.4 is 0 Å². The maximum absolute atomic E-state index is 11.7. The number of rotatable bonds is 2. The van der Waals surface area contributed by atoms with Crippen molar-refractivity contribution in [2.75, 3.05) is 5.75 Å². The largest absolute Gasteiger partial charge is 0.249 e. The van der Waals surface area contributed by atoms with Crippen molar-refractivity contribution in [2.24, 2.45) is 0 Å². The van der Waals surface area contributed by atoms with Crippen molar-refractivity contribution in [3.05, 3.63) is 28.2 Å². The fraction of sp³-hybridized carbons (Fsp3) is 0.250. The third kappa shape index (κ3) is 2.16. The van der Waals surface area contributed by atoms with Gasteiger partial charge in [-0.2, -0.15) is 0 Å². The summed E-state index contributed by atoms with van der Waals surface area (Å²) < 4.78 is 19.3. The molecular weight excluding hydrogens is 229 g/mol. The Morgan fingerprint density at radius 3 is 2.23 bits per heavy atom. The van der Waals surface area contributed by atoms with E-state index in [-0.39, 0.29) is 10.6 Å². The lowest BCUT2D eigenvalue weighted by molar-refractivity contribution is 0.675. The Morgan fingerprint density at radius 1 is 1.38 bits per heavy atom. The molecule has 13 heavy (non-hydrogen) atoms. The number of hydrogen-bond acceptors (Lipinski definition) is 2. The molecule has 1 N–H and O–H groups in total. The van der Waals surface area contributed by atoms with Gasteiger partial charge in [0, 0.05) is 5.75 Å². The minimum Gasteiger partial charge on any atom is -0.249 e. The Labute approximate surface area is 87.8 Å². The van der Waals surface area contributed by atoms with Crippen molar-refractivity contribution >= 4 is 32.9 Å². The van der Waals surface area contributed by atoms with Crippen LogP contribution in [-0.4, -0.2) is 9.96 Å². The molecule has 1 rings (SSSR count). The molecule has 1 aromatic carbocycles. The molecule has 0 aliphatic heterocycles. The molecule has 0 radical (unpaired) electrons. The van der Waals surface area contributed by atoms with Crippen molar-refractivity contribution < 1.29 is 4.21 Å². The Morgan fingerprint density at radius 2 is 1.85 bits per heavy atom. The van der Waals surface area contributed by atoms with Crippen LogP contribution in [0.3, 0.4) is 0 Å². The minimum absolute atomic E-state index is 0.219. The molecule has 1 aromatic rings. The van der Waals surface area contributed by atoms with Gasteiger partial charge in [-0.05, 0) is 12.1 Å². The fourth-order valence-electron chi connectivity index (χ4n) is 0.942. The van der Waals surface area contributed by atoms with Gasteiger partial charge in [-0.15, -0.1) is 0 Å². The van der Waals surface area contributed by atoms with Crippen molar-refractivity contribution in [1.29, 1.82) is 4.78 Å². The molecule has 0 saturated heterocycles. The molecular formula is C8H9Cl2NOS. The Hall–Kier alpha value is -0.250. The molecule has 0 saturated carbocycles. The van der Waals surface area contributed by atoms with E-state index in [4.69, 9.17) is 28.0 Å². The van der Waals surface area contributed by atoms with Gasteiger partial charge in [0.1, 0.15) is 0 Å². The quantitative estimate of drug-likeness (QED) is 0.842. The number of halogens is 2. The molecule has 0 aromatic heterocycles.